The van der Waals surface area contributed by atoms with Gasteiger partial charge in [0.2, 0.25) is 11.8 Å². The highest BCUT2D eigenvalue weighted by Gasteiger charge is 2.29. The van der Waals surface area contributed by atoms with Crippen LogP contribution in [0.25, 0.3) is 0 Å². The molecule has 3 rings (SSSR count). The number of unbranched alkanes of at least 4 members (excludes halogenated alkanes) is 1. The quantitative estimate of drug-likeness (QED) is 0.812. The van der Waals surface area contributed by atoms with Crippen LogP contribution >= 0.6 is 0 Å². The molecule has 1 aliphatic rings. The van der Waals surface area contributed by atoms with Crippen molar-refractivity contribution < 1.29 is 9.59 Å². The van der Waals surface area contributed by atoms with Gasteiger partial charge < -0.3 is 14.8 Å². The summed E-state index contributed by atoms with van der Waals surface area (Å²) < 4.78 is 2.07. The molecule has 0 aliphatic carbocycles. The van der Waals surface area contributed by atoms with E-state index in [0.29, 0.717) is 19.5 Å². The molecule has 144 valence electrons. The van der Waals surface area contributed by atoms with Gasteiger partial charge in [-0.2, -0.15) is 0 Å². The van der Waals surface area contributed by atoms with E-state index in [1.807, 2.05) is 30.2 Å². The molecule has 7 heteroatoms. The second-order valence-electron chi connectivity index (χ2n) is 6.97. The Hall–Kier alpha value is -2.70. The van der Waals surface area contributed by atoms with Gasteiger partial charge in [0.25, 0.3) is 0 Å². The minimum Gasteiger partial charge on any atom is -0.352 e. The first-order chi connectivity index (χ1) is 13.1. The number of carbonyl (C=O) groups is 2. The van der Waals surface area contributed by atoms with Crippen molar-refractivity contribution in [1.29, 1.82) is 0 Å². The first-order valence-corrected chi connectivity index (χ1v) is 9.59. The van der Waals surface area contributed by atoms with Gasteiger partial charge in [0, 0.05) is 44.6 Å². The van der Waals surface area contributed by atoms with Crippen LogP contribution in [0, 0.1) is 0 Å². The van der Waals surface area contributed by atoms with Gasteiger partial charge in [0.15, 0.2) is 0 Å². The Morgan fingerprint density at radius 2 is 2.19 bits per heavy atom. The lowest BCUT2D eigenvalue weighted by Crippen LogP contribution is -2.41. The Labute approximate surface area is 159 Å². The zero-order chi connectivity index (χ0) is 19.2. The van der Waals surface area contributed by atoms with Crippen LogP contribution in [0.5, 0.6) is 0 Å². The highest BCUT2D eigenvalue weighted by molar-refractivity contribution is 5.78. The summed E-state index contributed by atoms with van der Waals surface area (Å²) in [6.07, 6.45) is 8.13. The van der Waals surface area contributed by atoms with Gasteiger partial charge in [-0.25, -0.2) is 4.98 Å². The molecular formula is C20H27N5O2. The summed E-state index contributed by atoms with van der Waals surface area (Å²) >= 11 is 0. The Balaban J connectivity index is 1.58. The fraction of sp³-hybridized carbons (Fsp3) is 0.500. The lowest BCUT2D eigenvalue weighted by atomic mass is 10.1. The van der Waals surface area contributed by atoms with Crippen LogP contribution in [0.1, 0.15) is 56.2 Å². The van der Waals surface area contributed by atoms with Crippen LogP contribution in [0.15, 0.2) is 30.7 Å². The summed E-state index contributed by atoms with van der Waals surface area (Å²) in [5.74, 6) is 0.980. The summed E-state index contributed by atoms with van der Waals surface area (Å²) in [6.45, 7) is 5.97. The molecule has 0 fully saturated rings. The van der Waals surface area contributed by atoms with Crippen LogP contribution in [0.3, 0.4) is 0 Å². The SMILES string of the molecule is CCCCC(=O)N1CCn2cc(CC(=O)NCc3cccnc3)nc2[C@@H]1C. The van der Waals surface area contributed by atoms with E-state index in [4.69, 9.17) is 0 Å². The molecule has 1 N–H and O–H groups in total. The second-order valence-corrected chi connectivity index (χ2v) is 6.97. The molecule has 1 aliphatic heterocycles. The maximum atomic E-state index is 12.4. The number of amides is 2. The van der Waals surface area contributed by atoms with Crippen LogP contribution in [-0.2, 0) is 29.1 Å². The van der Waals surface area contributed by atoms with Crippen molar-refractivity contribution in [3.05, 3.63) is 47.8 Å². The van der Waals surface area contributed by atoms with E-state index in [2.05, 4.69) is 26.8 Å². The van der Waals surface area contributed by atoms with E-state index in [-0.39, 0.29) is 24.3 Å². The normalized spacial score (nSPS) is 16.1. The van der Waals surface area contributed by atoms with Crippen LogP contribution in [-0.4, -0.2) is 37.8 Å². The van der Waals surface area contributed by atoms with Gasteiger partial charge in [-0.3, -0.25) is 14.6 Å². The van der Waals surface area contributed by atoms with E-state index in [1.165, 1.54) is 0 Å². The molecule has 0 saturated heterocycles. The van der Waals surface area contributed by atoms with Gasteiger partial charge in [-0.1, -0.05) is 19.4 Å². The van der Waals surface area contributed by atoms with E-state index in [9.17, 15) is 9.59 Å². The molecule has 0 bridgehead atoms. The monoisotopic (exact) mass is 369 g/mol. The van der Waals surface area contributed by atoms with Crippen molar-refractivity contribution in [2.45, 2.75) is 58.7 Å². The Morgan fingerprint density at radius 3 is 2.93 bits per heavy atom. The number of fused-ring (bicyclic) bond motifs is 1. The van der Waals surface area contributed by atoms with Gasteiger partial charge in [0.1, 0.15) is 5.82 Å². The molecule has 27 heavy (non-hydrogen) atoms. The van der Waals surface area contributed by atoms with E-state index < -0.39 is 0 Å². The minimum atomic E-state index is -0.0715. The highest BCUT2D eigenvalue weighted by Crippen LogP contribution is 2.25. The lowest BCUT2D eigenvalue weighted by molar-refractivity contribution is -0.134. The van der Waals surface area contributed by atoms with Gasteiger partial charge >= 0.3 is 0 Å². The van der Waals surface area contributed by atoms with Crippen LogP contribution < -0.4 is 5.32 Å². The van der Waals surface area contributed by atoms with E-state index >= 15 is 0 Å². The van der Waals surface area contributed by atoms with Crippen molar-refractivity contribution in [3.8, 4) is 0 Å². The van der Waals surface area contributed by atoms with E-state index in [0.717, 1.165) is 36.5 Å². The van der Waals surface area contributed by atoms with Crippen molar-refractivity contribution in [1.82, 2.24) is 24.8 Å². The van der Waals surface area contributed by atoms with Gasteiger partial charge in [-0.05, 0) is 25.0 Å². The van der Waals surface area contributed by atoms with E-state index in [1.54, 1.807) is 12.4 Å². The summed E-state index contributed by atoms with van der Waals surface area (Å²) in [5, 5.41) is 2.90. The predicted octanol–water partition coefficient (Wildman–Crippen LogP) is 2.23. The molecule has 0 aromatic carbocycles. The molecule has 2 aromatic rings. The minimum absolute atomic E-state index is 0.0599. The number of nitrogens with one attached hydrogen (secondary N) is 1. The van der Waals surface area contributed by atoms with Crippen LogP contribution in [0.4, 0.5) is 0 Å². The van der Waals surface area contributed by atoms with Crippen molar-refractivity contribution in [3.63, 3.8) is 0 Å². The fourth-order valence-corrected chi connectivity index (χ4v) is 3.38. The summed E-state index contributed by atoms with van der Waals surface area (Å²) in [6, 6.07) is 3.71. The van der Waals surface area contributed by atoms with Crippen molar-refractivity contribution in [2.75, 3.05) is 6.54 Å². The Bertz CT molecular complexity index is 787. The maximum absolute atomic E-state index is 12.4. The molecule has 0 radical (unpaired) electrons. The first-order valence-electron chi connectivity index (χ1n) is 9.59. The summed E-state index contributed by atoms with van der Waals surface area (Å²) in [5.41, 5.74) is 1.70. The first kappa shape index (κ1) is 19.1. The second kappa shape index (κ2) is 8.79. The predicted molar refractivity (Wildman–Crippen MR) is 102 cm³/mol. The topological polar surface area (TPSA) is 80.1 Å². The molecular weight excluding hydrogens is 342 g/mol. The lowest BCUT2D eigenvalue weighted by Gasteiger charge is -2.33. The van der Waals surface area contributed by atoms with Gasteiger partial charge in [-0.15, -0.1) is 0 Å². The highest BCUT2D eigenvalue weighted by atomic mass is 16.2. The average molecular weight is 369 g/mol. The largest absolute Gasteiger partial charge is 0.352 e. The molecule has 2 amide bonds. The number of imidazole rings is 1. The Kier molecular flexibility index (Phi) is 6.21. The molecule has 7 nitrogen and oxygen atoms in total. The standard InChI is InChI=1S/C20H27N5O2/c1-3-4-7-19(27)25-10-9-24-14-17(23-20(24)15(25)2)11-18(26)22-13-16-6-5-8-21-12-16/h5-6,8,12,14-15H,3-4,7,9-11,13H2,1-2H3,(H,22,26)/t15-/m0/s1. The molecule has 0 saturated carbocycles. The number of pyridine rings is 1. The Morgan fingerprint density at radius 1 is 1.33 bits per heavy atom. The number of aromatic nitrogens is 3. The third-order valence-corrected chi connectivity index (χ3v) is 4.90. The zero-order valence-electron chi connectivity index (χ0n) is 16.0. The summed E-state index contributed by atoms with van der Waals surface area (Å²) in [7, 11) is 0. The fourth-order valence-electron chi connectivity index (χ4n) is 3.38. The zero-order valence-corrected chi connectivity index (χ0v) is 16.0. The van der Waals surface area contributed by atoms with Crippen molar-refractivity contribution >= 4 is 11.8 Å². The molecule has 0 spiro atoms. The summed E-state index contributed by atoms with van der Waals surface area (Å²) in [4.78, 5) is 35.2. The third-order valence-electron chi connectivity index (χ3n) is 4.90. The number of nitrogens with zero attached hydrogens (tertiary/aromatic N) is 4. The number of carbonyl (C=O) groups excluding carboxylic acids is 2. The van der Waals surface area contributed by atoms with Gasteiger partial charge in [0.05, 0.1) is 18.2 Å². The smallest absolute Gasteiger partial charge is 0.226 e. The number of rotatable bonds is 7. The maximum Gasteiger partial charge on any atom is 0.226 e. The molecule has 2 aromatic heterocycles. The van der Waals surface area contributed by atoms with Crippen molar-refractivity contribution in [2.24, 2.45) is 0 Å². The molecule has 3 heterocycles. The third kappa shape index (κ3) is 4.72. The number of hydrogen-bond donors (Lipinski definition) is 1. The molecule has 1 atom stereocenters. The molecule has 0 unspecified atom stereocenters. The number of hydrogen-bond acceptors (Lipinski definition) is 4. The average Bonchev–Trinajstić information content (AvgIpc) is 3.09. The van der Waals surface area contributed by atoms with Crippen LogP contribution in [0.2, 0.25) is 0 Å².